The lowest BCUT2D eigenvalue weighted by atomic mass is 10.1. The number of aromatic nitrogens is 5. The molecule has 1 saturated heterocycles. The van der Waals surface area contributed by atoms with Gasteiger partial charge in [-0.25, -0.2) is 19.9 Å². The summed E-state index contributed by atoms with van der Waals surface area (Å²) in [5.74, 6) is 2.48. The number of aromatic amines is 1. The number of hydrogen-bond donors (Lipinski definition) is 3. The molecule has 3 aromatic heterocycles. The number of pyridine rings is 1. The summed E-state index contributed by atoms with van der Waals surface area (Å²) < 4.78 is 5.41. The molecule has 5 rings (SSSR count). The summed E-state index contributed by atoms with van der Waals surface area (Å²) in [5.41, 5.74) is 3.34. The minimum Gasteiger partial charge on any atom is -0.508 e. The third-order valence-corrected chi connectivity index (χ3v) is 5.27. The number of morpholine rings is 1. The predicted molar refractivity (Wildman–Crippen MR) is 118 cm³/mol. The van der Waals surface area contributed by atoms with Gasteiger partial charge in [-0.3, -0.25) is 0 Å². The van der Waals surface area contributed by atoms with E-state index in [0.717, 1.165) is 55.2 Å². The van der Waals surface area contributed by atoms with Crippen molar-refractivity contribution in [3.05, 3.63) is 54.5 Å². The Morgan fingerprint density at radius 1 is 1.03 bits per heavy atom. The summed E-state index contributed by atoms with van der Waals surface area (Å²) in [6.45, 7) is 3.82. The number of benzene rings is 1. The summed E-state index contributed by atoms with van der Waals surface area (Å²) in [6, 6.07) is 11.2. The molecular formula is C22H23N7O2. The number of anilines is 2. The first kappa shape index (κ1) is 19.3. The lowest BCUT2D eigenvalue weighted by Gasteiger charge is -2.27. The molecule has 9 nitrogen and oxygen atoms in total. The van der Waals surface area contributed by atoms with Gasteiger partial charge in [-0.15, -0.1) is 0 Å². The first-order valence-electron chi connectivity index (χ1n) is 10.3. The van der Waals surface area contributed by atoms with Crippen LogP contribution in [0.4, 0.5) is 11.6 Å². The van der Waals surface area contributed by atoms with Gasteiger partial charge in [0.05, 0.1) is 19.5 Å². The van der Waals surface area contributed by atoms with Gasteiger partial charge in [-0.05, 0) is 36.2 Å². The molecule has 0 saturated carbocycles. The Labute approximate surface area is 179 Å². The molecule has 0 bridgehead atoms. The van der Waals surface area contributed by atoms with Crippen molar-refractivity contribution in [1.82, 2.24) is 24.9 Å². The average Bonchev–Trinajstić information content (AvgIpc) is 3.30. The van der Waals surface area contributed by atoms with E-state index < -0.39 is 0 Å². The second-order valence-corrected chi connectivity index (χ2v) is 7.34. The predicted octanol–water partition coefficient (Wildman–Crippen LogP) is 2.61. The second kappa shape index (κ2) is 8.57. The van der Waals surface area contributed by atoms with Gasteiger partial charge in [0.15, 0.2) is 17.3 Å². The van der Waals surface area contributed by atoms with Crippen LogP contribution in [0.5, 0.6) is 5.75 Å². The average molecular weight is 417 g/mol. The summed E-state index contributed by atoms with van der Waals surface area (Å²) in [6.07, 6.45) is 4.22. The van der Waals surface area contributed by atoms with Crippen LogP contribution in [0.2, 0.25) is 0 Å². The fourth-order valence-corrected chi connectivity index (χ4v) is 3.58. The second-order valence-electron chi connectivity index (χ2n) is 7.34. The number of H-pyrrole nitrogens is 1. The van der Waals surface area contributed by atoms with Crippen LogP contribution in [0.15, 0.2) is 48.9 Å². The molecule has 0 aliphatic carbocycles. The highest BCUT2D eigenvalue weighted by atomic mass is 16.5. The van der Waals surface area contributed by atoms with Crippen LogP contribution in [0.3, 0.4) is 0 Å². The molecule has 0 amide bonds. The Morgan fingerprint density at radius 2 is 1.87 bits per heavy atom. The molecule has 31 heavy (non-hydrogen) atoms. The van der Waals surface area contributed by atoms with E-state index in [1.165, 1.54) is 0 Å². The Morgan fingerprint density at radius 3 is 2.65 bits per heavy atom. The van der Waals surface area contributed by atoms with E-state index >= 15 is 0 Å². The van der Waals surface area contributed by atoms with Gasteiger partial charge in [-0.1, -0.05) is 12.1 Å². The largest absolute Gasteiger partial charge is 0.508 e. The van der Waals surface area contributed by atoms with Gasteiger partial charge in [0.1, 0.15) is 17.1 Å². The Hall–Kier alpha value is -3.72. The lowest BCUT2D eigenvalue weighted by Crippen LogP contribution is -2.36. The van der Waals surface area contributed by atoms with Crippen LogP contribution in [-0.2, 0) is 11.2 Å². The van der Waals surface area contributed by atoms with Crippen LogP contribution in [0.25, 0.3) is 22.6 Å². The molecular weight excluding hydrogens is 394 g/mol. The maximum atomic E-state index is 9.43. The Balaban J connectivity index is 1.35. The third kappa shape index (κ3) is 4.26. The summed E-state index contributed by atoms with van der Waals surface area (Å²) >= 11 is 0. The fraction of sp³-hybridized carbons (Fsp3) is 0.273. The molecule has 9 heteroatoms. The maximum absolute atomic E-state index is 9.43. The van der Waals surface area contributed by atoms with Crippen molar-refractivity contribution in [2.75, 3.05) is 43.1 Å². The van der Waals surface area contributed by atoms with E-state index in [4.69, 9.17) is 9.72 Å². The van der Waals surface area contributed by atoms with Crippen molar-refractivity contribution < 1.29 is 9.84 Å². The molecule has 1 aliphatic rings. The zero-order valence-corrected chi connectivity index (χ0v) is 17.0. The Bertz CT molecular complexity index is 1150. The quantitative estimate of drug-likeness (QED) is 0.439. The normalized spacial score (nSPS) is 14.1. The molecule has 0 unspecified atom stereocenters. The SMILES string of the molecule is Oc1ccc(CCNc2nc(-c3ccc(N4CCOCC4)nc3)nc3nc[nH]c23)cc1. The van der Waals surface area contributed by atoms with E-state index in [1.54, 1.807) is 24.7 Å². The van der Waals surface area contributed by atoms with E-state index in [9.17, 15) is 5.11 Å². The number of fused-ring (bicyclic) bond motifs is 1. The number of phenolic OH excluding ortho intramolecular Hbond substituents is 1. The van der Waals surface area contributed by atoms with E-state index in [1.807, 2.05) is 24.3 Å². The molecule has 4 aromatic rings. The van der Waals surface area contributed by atoms with Gasteiger partial charge in [0.25, 0.3) is 0 Å². The van der Waals surface area contributed by atoms with Crippen LogP contribution in [-0.4, -0.2) is 62.9 Å². The van der Waals surface area contributed by atoms with E-state index in [0.29, 0.717) is 23.8 Å². The Kier molecular flexibility index (Phi) is 5.32. The monoisotopic (exact) mass is 417 g/mol. The van der Waals surface area contributed by atoms with Crippen LogP contribution >= 0.6 is 0 Å². The first-order chi connectivity index (χ1) is 15.3. The number of ether oxygens (including phenoxy) is 1. The smallest absolute Gasteiger partial charge is 0.183 e. The molecule has 4 heterocycles. The van der Waals surface area contributed by atoms with E-state index in [2.05, 4.69) is 30.2 Å². The van der Waals surface area contributed by atoms with Crippen LogP contribution < -0.4 is 10.2 Å². The zero-order valence-electron chi connectivity index (χ0n) is 17.0. The highest BCUT2D eigenvalue weighted by Crippen LogP contribution is 2.24. The molecule has 0 spiro atoms. The molecule has 158 valence electrons. The summed E-state index contributed by atoms with van der Waals surface area (Å²) in [7, 11) is 0. The van der Waals surface area contributed by atoms with Crippen molar-refractivity contribution in [2.24, 2.45) is 0 Å². The topological polar surface area (TPSA) is 112 Å². The van der Waals surface area contributed by atoms with Crippen molar-refractivity contribution in [1.29, 1.82) is 0 Å². The van der Waals surface area contributed by atoms with Crippen LogP contribution in [0, 0.1) is 0 Å². The molecule has 0 radical (unpaired) electrons. The van der Waals surface area contributed by atoms with Gasteiger partial charge in [0, 0.05) is 31.4 Å². The summed E-state index contributed by atoms with van der Waals surface area (Å²) in [5, 5.41) is 12.8. The number of nitrogens with zero attached hydrogens (tertiary/aromatic N) is 5. The maximum Gasteiger partial charge on any atom is 0.183 e. The van der Waals surface area contributed by atoms with Crippen molar-refractivity contribution >= 4 is 22.8 Å². The van der Waals surface area contributed by atoms with Gasteiger partial charge in [-0.2, -0.15) is 0 Å². The third-order valence-electron chi connectivity index (χ3n) is 5.27. The molecule has 1 fully saturated rings. The zero-order chi connectivity index (χ0) is 21.0. The van der Waals surface area contributed by atoms with Gasteiger partial charge in [0.2, 0.25) is 0 Å². The lowest BCUT2D eigenvalue weighted by molar-refractivity contribution is 0.122. The molecule has 1 aliphatic heterocycles. The number of hydrogen-bond acceptors (Lipinski definition) is 8. The minimum absolute atomic E-state index is 0.268. The van der Waals surface area contributed by atoms with Crippen molar-refractivity contribution in [3.63, 3.8) is 0 Å². The molecule has 0 atom stereocenters. The van der Waals surface area contributed by atoms with Gasteiger partial charge >= 0.3 is 0 Å². The summed E-state index contributed by atoms with van der Waals surface area (Å²) in [4.78, 5) is 23.6. The van der Waals surface area contributed by atoms with E-state index in [-0.39, 0.29) is 5.75 Å². The first-order valence-corrected chi connectivity index (χ1v) is 10.3. The number of aromatic hydroxyl groups is 1. The van der Waals surface area contributed by atoms with Crippen molar-refractivity contribution in [3.8, 4) is 17.1 Å². The number of nitrogens with one attached hydrogen (secondary N) is 2. The number of rotatable bonds is 6. The molecule has 1 aromatic carbocycles. The highest BCUT2D eigenvalue weighted by molar-refractivity contribution is 5.84. The fourth-order valence-electron chi connectivity index (χ4n) is 3.58. The van der Waals surface area contributed by atoms with Crippen molar-refractivity contribution in [2.45, 2.75) is 6.42 Å². The molecule has 3 N–H and O–H groups in total. The van der Waals surface area contributed by atoms with Gasteiger partial charge < -0.3 is 25.0 Å². The van der Waals surface area contributed by atoms with Crippen LogP contribution in [0.1, 0.15) is 5.56 Å². The standard InChI is InChI=1S/C22H23N7O2/c30-17-4-1-15(2-5-17)7-8-23-21-19-22(26-14-25-19)28-20(27-21)16-3-6-18(24-13-16)29-9-11-31-12-10-29/h1-6,13-14,30H,7-12H2,(H2,23,25,26,27,28). The number of phenols is 1. The number of imidazole rings is 1. The minimum atomic E-state index is 0.268. The highest BCUT2D eigenvalue weighted by Gasteiger charge is 2.15.